The number of H-pyrrole nitrogens is 1. The van der Waals surface area contributed by atoms with E-state index < -0.39 is 5.97 Å². The number of hydrogen-bond acceptors (Lipinski definition) is 1. The molecule has 1 heterocycles. The molecule has 0 atom stereocenters. The number of aromatic amines is 1. The number of aromatic carboxylic acids is 1. The normalized spacial score (nSPS) is 11.1. The van der Waals surface area contributed by atoms with Gasteiger partial charge in [-0.05, 0) is 17.5 Å². The van der Waals surface area contributed by atoms with Crippen LogP contribution in [0.15, 0.2) is 24.3 Å². The van der Waals surface area contributed by atoms with Crippen LogP contribution in [0.4, 0.5) is 0 Å². The van der Waals surface area contributed by atoms with E-state index in [4.69, 9.17) is 5.11 Å². The van der Waals surface area contributed by atoms with Crippen LogP contribution in [0, 0.1) is 0 Å². The van der Waals surface area contributed by atoms with Crippen molar-refractivity contribution in [3.63, 3.8) is 0 Å². The lowest BCUT2D eigenvalue weighted by Crippen LogP contribution is -2.02. The molecule has 3 nitrogen and oxygen atoms in total. The summed E-state index contributed by atoms with van der Waals surface area (Å²) in [6, 6.07) is 7.67. The molecule has 1 aromatic heterocycles. The number of aromatic nitrogens is 1. The Morgan fingerprint density at radius 1 is 1.33 bits per heavy atom. The summed E-state index contributed by atoms with van der Waals surface area (Å²) in [5, 5.41) is 10.1. The fraction of sp³-hybridized carbons (Fsp3) is 0.250. The molecule has 0 aliphatic carbocycles. The number of carboxylic acid groups (broad SMARTS) is 1. The average molecular weight is 203 g/mol. The standard InChI is InChI=1S/C12H13NO2/c1-7(2)10-8-5-3-4-6-9(8)13-11(10)12(14)15/h3-7,13H,1-2H3,(H,14,15). The van der Waals surface area contributed by atoms with Crippen LogP contribution >= 0.6 is 0 Å². The minimum absolute atomic E-state index is 0.201. The Hall–Kier alpha value is -1.77. The Morgan fingerprint density at radius 3 is 2.60 bits per heavy atom. The van der Waals surface area contributed by atoms with Crippen LogP contribution in [0.25, 0.3) is 10.9 Å². The van der Waals surface area contributed by atoms with Crippen molar-refractivity contribution >= 4 is 16.9 Å². The second-order valence-corrected chi connectivity index (χ2v) is 3.92. The zero-order valence-corrected chi connectivity index (χ0v) is 8.74. The molecule has 0 spiro atoms. The first-order valence-electron chi connectivity index (χ1n) is 4.95. The van der Waals surface area contributed by atoms with Crippen molar-refractivity contribution < 1.29 is 9.90 Å². The van der Waals surface area contributed by atoms with Crippen LogP contribution in [0.2, 0.25) is 0 Å². The maximum Gasteiger partial charge on any atom is 0.352 e. The van der Waals surface area contributed by atoms with Crippen LogP contribution in [-0.4, -0.2) is 16.1 Å². The van der Waals surface area contributed by atoms with Gasteiger partial charge in [-0.25, -0.2) is 4.79 Å². The lowest BCUT2D eigenvalue weighted by Gasteiger charge is -2.04. The maximum absolute atomic E-state index is 11.1. The molecule has 0 unspecified atom stereocenters. The number of benzene rings is 1. The van der Waals surface area contributed by atoms with Gasteiger partial charge >= 0.3 is 5.97 Å². The summed E-state index contributed by atoms with van der Waals surface area (Å²) < 4.78 is 0. The summed E-state index contributed by atoms with van der Waals surface area (Å²) >= 11 is 0. The van der Waals surface area contributed by atoms with Gasteiger partial charge in [-0.15, -0.1) is 0 Å². The minimum Gasteiger partial charge on any atom is -0.477 e. The Kier molecular flexibility index (Phi) is 2.23. The summed E-state index contributed by atoms with van der Waals surface area (Å²) in [4.78, 5) is 14.0. The Balaban J connectivity index is 2.80. The third kappa shape index (κ3) is 1.50. The number of nitrogens with one attached hydrogen (secondary N) is 1. The first-order chi connectivity index (χ1) is 7.11. The average Bonchev–Trinajstić information content (AvgIpc) is 2.56. The second-order valence-electron chi connectivity index (χ2n) is 3.92. The predicted molar refractivity (Wildman–Crippen MR) is 59.3 cm³/mol. The number of para-hydroxylation sites is 1. The molecule has 0 saturated carbocycles. The quantitative estimate of drug-likeness (QED) is 0.788. The van der Waals surface area contributed by atoms with Gasteiger partial charge in [-0.2, -0.15) is 0 Å². The van der Waals surface area contributed by atoms with Crippen LogP contribution < -0.4 is 0 Å². The Morgan fingerprint density at radius 2 is 2.00 bits per heavy atom. The molecule has 3 heteroatoms. The van der Waals surface area contributed by atoms with Crippen LogP contribution in [-0.2, 0) is 0 Å². The van der Waals surface area contributed by atoms with Crippen molar-refractivity contribution in [2.45, 2.75) is 19.8 Å². The molecule has 2 N–H and O–H groups in total. The van der Waals surface area contributed by atoms with Gasteiger partial charge in [-0.3, -0.25) is 0 Å². The molecule has 2 aromatic rings. The lowest BCUT2D eigenvalue weighted by molar-refractivity contribution is 0.0690. The molecule has 0 saturated heterocycles. The second kappa shape index (κ2) is 3.42. The zero-order valence-electron chi connectivity index (χ0n) is 8.74. The lowest BCUT2D eigenvalue weighted by atomic mass is 9.99. The summed E-state index contributed by atoms with van der Waals surface area (Å²) in [5.74, 6) is -0.692. The topological polar surface area (TPSA) is 53.1 Å². The van der Waals surface area contributed by atoms with E-state index in [0.717, 1.165) is 16.5 Å². The van der Waals surface area contributed by atoms with Gasteiger partial charge in [0.05, 0.1) is 0 Å². The van der Waals surface area contributed by atoms with Crippen molar-refractivity contribution in [2.75, 3.05) is 0 Å². The first kappa shape index (κ1) is 9.77. The monoisotopic (exact) mass is 203 g/mol. The highest BCUT2D eigenvalue weighted by Crippen LogP contribution is 2.28. The molecular weight excluding hydrogens is 190 g/mol. The number of carboxylic acids is 1. The van der Waals surface area contributed by atoms with Crippen molar-refractivity contribution in [1.82, 2.24) is 4.98 Å². The van der Waals surface area contributed by atoms with Gasteiger partial charge in [0.15, 0.2) is 0 Å². The SMILES string of the molecule is CC(C)c1c(C(=O)O)[nH]c2ccccc12. The largest absolute Gasteiger partial charge is 0.477 e. The smallest absolute Gasteiger partial charge is 0.352 e. The highest BCUT2D eigenvalue weighted by molar-refractivity contribution is 5.97. The van der Waals surface area contributed by atoms with Crippen LogP contribution in [0.1, 0.15) is 35.8 Å². The molecule has 0 bridgehead atoms. The molecule has 1 aromatic carbocycles. The highest BCUT2D eigenvalue weighted by Gasteiger charge is 2.18. The zero-order chi connectivity index (χ0) is 11.0. The summed E-state index contributed by atoms with van der Waals surface area (Å²) in [5.41, 5.74) is 2.09. The van der Waals surface area contributed by atoms with E-state index in [2.05, 4.69) is 4.98 Å². The highest BCUT2D eigenvalue weighted by atomic mass is 16.4. The first-order valence-corrected chi connectivity index (χ1v) is 4.95. The van der Waals surface area contributed by atoms with Gasteiger partial charge < -0.3 is 10.1 Å². The molecular formula is C12H13NO2. The van der Waals surface area contributed by atoms with E-state index in [0.29, 0.717) is 5.69 Å². The van der Waals surface area contributed by atoms with Gasteiger partial charge in [0, 0.05) is 10.9 Å². The molecule has 0 aliphatic rings. The number of rotatable bonds is 2. The summed E-state index contributed by atoms with van der Waals surface area (Å²) in [6.07, 6.45) is 0. The summed E-state index contributed by atoms with van der Waals surface area (Å²) in [7, 11) is 0. The van der Waals surface area contributed by atoms with E-state index in [1.165, 1.54) is 0 Å². The fourth-order valence-corrected chi connectivity index (χ4v) is 1.93. The summed E-state index contributed by atoms with van der Waals surface area (Å²) in [6.45, 7) is 4.00. The molecule has 0 amide bonds. The maximum atomic E-state index is 11.1. The number of hydrogen-bond donors (Lipinski definition) is 2. The number of carbonyl (C=O) groups is 1. The molecule has 0 radical (unpaired) electrons. The van der Waals surface area contributed by atoms with E-state index in [1.807, 2.05) is 38.1 Å². The van der Waals surface area contributed by atoms with Gasteiger partial charge in [0.2, 0.25) is 0 Å². The van der Waals surface area contributed by atoms with E-state index in [1.54, 1.807) is 0 Å². The molecule has 0 aliphatic heterocycles. The van der Waals surface area contributed by atoms with E-state index in [-0.39, 0.29) is 5.92 Å². The van der Waals surface area contributed by atoms with Crippen molar-refractivity contribution in [2.24, 2.45) is 0 Å². The third-order valence-electron chi connectivity index (χ3n) is 2.54. The van der Waals surface area contributed by atoms with Crippen molar-refractivity contribution in [3.05, 3.63) is 35.5 Å². The Bertz CT molecular complexity index is 511. The molecule has 15 heavy (non-hydrogen) atoms. The van der Waals surface area contributed by atoms with Gasteiger partial charge in [0.25, 0.3) is 0 Å². The molecule has 78 valence electrons. The van der Waals surface area contributed by atoms with Crippen LogP contribution in [0.3, 0.4) is 0 Å². The third-order valence-corrected chi connectivity index (χ3v) is 2.54. The van der Waals surface area contributed by atoms with Crippen molar-refractivity contribution in [1.29, 1.82) is 0 Å². The van der Waals surface area contributed by atoms with Crippen molar-refractivity contribution in [3.8, 4) is 0 Å². The Labute approximate surface area is 87.7 Å². The van der Waals surface area contributed by atoms with Gasteiger partial charge in [0.1, 0.15) is 5.69 Å². The molecule has 0 fully saturated rings. The molecule has 2 rings (SSSR count). The fourth-order valence-electron chi connectivity index (χ4n) is 1.93. The van der Waals surface area contributed by atoms with Gasteiger partial charge in [-0.1, -0.05) is 32.0 Å². The van der Waals surface area contributed by atoms with Crippen LogP contribution in [0.5, 0.6) is 0 Å². The predicted octanol–water partition coefficient (Wildman–Crippen LogP) is 2.99. The van der Waals surface area contributed by atoms with E-state index in [9.17, 15) is 4.79 Å². The minimum atomic E-state index is -0.894. The number of fused-ring (bicyclic) bond motifs is 1. The van der Waals surface area contributed by atoms with E-state index >= 15 is 0 Å².